The molecule has 1 heterocycles. The average molecular weight is 220 g/mol. The van der Waals surface area contributed by atoms with Crippen LogP contribution in [0.1, 0.15) is 42.6 Å². The fourth-order valence-corrected chi connectivity index (χ4v) is 1.73. The third-order valence-corrected chi connectivity index (χ3v) is 2.57. The zero-order valence-corrected chi connectivity index (χ0v) is 10.4. The zero-order valence-electron chi connectivity index (χ0n) is 10.4. The molecule has 0 aliphatic heterocycles. The van der Waals surface area contributed by atoms with Gasteiger partial charge in [-0.25, -0.2) is 4.98 Å². The molecule has 3 nitrogen and oxygen atoms in total. The monoisotopic (exact) mass is 220 g/mol. The Morgan fingerprint density at radius 2 is 1.94 bits per heavy atom. The molecule has 0 amide bonds. The van der Waals surface area contributed by atoms with Gasteiger partial charge in [0.1, 0.15) is 5.82 Å². The maximum absolute atomic E-state index is 10.7. The van der Waals surface area contributed by atoms with Gasteiger partial charge in [0.2, 0.25) is 0 Å². The van der Waals surface area contributed by atoms with Gasteiger partial charge in [0.25, 0.3) is 0 Å². The SMILES string of the molecule is CCCN(CCC)c1cc(C)c(C=O)cn1. The highest BCUT2D eigenvalue weighted by atomic mass is 16.1. The van der Waals surface area contributed by atoms with Gasteiger partial charge >= 0.3 is 0 Å². The van der Waals surface area contributed by atoms with Gasteiger partial charge in [0, 0.05) is 24.8 Å². The van der Waals surface area contributed by atoms with E-state index in [0.717, 1.165) is 43.6 Å². The predicted molar refractivity (Wildman–Crippen MR) is 67.2 cm³/mol. The smallest absolute Gasteiger partial charge is 0.151 e. The van der Waals surface area contributed by atoms with Gasteiger partial charge in [0.15, 0.2) is 6.29 Å². The first-order valence-corrected chi connectivity index (χ1v) is 5.89. The molecule has 1 aromatic rings. The number of aromatic nitrogens is 1. The number of pyridine rings is 1. The number of rotatable bonds is 6. The minimum absolute atomic E-state index is 0.677. The molecule has 0 atom stereocenters. The molecule has 0 saturated carbocycles. The largest absolute Gasteiger partial charge is 0.357 e. The second-order valence-electron chi connectivity index (χ2n) is 4.00. The van der Waals surface area contributed by atoms with Crippen LogP contribution in [0.25, 0.3) is 0 Å². The molecule has 0 aliphatic rings. The summed E-state index contributed by atoms with van der Waals surface area (Å²) in [6, 6.07) is 2.00. The quantitative estimate of drug-likeness (QED) is 0.691. The molecule has 1 rings (SSSR count). The zero-order chi connectivity index (χ0) is 12.0. The molecule has 0 unspecified atom stereocenters. The van der Waals surface area contributed by atoms with Gasteiger partial charge in [-0.05, 0) is 31.4 Å². The highest BCUT2D eigenvalue weighted by Crippen LogP contribution is 2.15. The van der Waals surface area contributed by atoms with Crippen molar-refractivity contribution in [3.05, 3.63) is 23.4 Å². The van der Waals surface area contributed by atoms with Crippen molar-refractivity contribution in [3.8, 4) is 0 Å². The maximum Gasteiger partial charge on any atom is 0.151 e. The number of carbonyl (C=O) groups excluding carboxylic acids is 1. The normalized spacial score (nSPS) is 10.2. The number of carbonyl (C=O) groups is 1. The number of aryl methyl sites for hydroxylation is 1. The molecule has 0 radical (unpaired) electrons. The summed E-state index contributed by atoms with van der Waals surface area (Å²) in [5, 5.41) is 0. The van der Waals surface area contributed by atoms with E-state index in [4.69, 9.17) is 0 Å². The topological polar surface area (TPSA) is 33.2 Å². The van der Waals surface area contributed by atoms with E-state index >= 15 is 0 Å². The van der Waals surface area contributed by atoms with E-state index in [2.05, 4.69) is 23.7 Å². The standard InChI is InChI=1S/C13H20N2O/c1-4-6-15(7-5-2)13-8-11(3)12(10-16)9-14-13/h8-10H,4-7H2,1-3H3. The summed E-state index contributed by atoms with van der Waals surface area (Å²) >= 11 is 0. The summed E-state index contributed by atoms with van der Waals surface area (Å²) < 4.78 is 0. The van der Waals surface area contributed by atoms with E-state index in [0.29, 0.717) is 5.56 Å². The molecular formula is C13H20N2O. The molecule has 88 valence electrons. The van der Waals surface area contributed by atoms with Crippen molar-refractivity contribution in [2.75, 3.05) is 18.0 Å². The van der Waals surface area contributed by atoms with Crippen molar-refractivity contribution >= 4 is 12.1 Å². The van der Waals surface area contributed by atoms with Crippen molar-refractivity contribution in [2.45, 2.75) is 33.6 Å². The third-order valence-electron chi connectivity index (χ3n) is 2.57. The van der Waals surface area contributed by atoms with Crippen molar-refractivity contribution in [3.63, 3.8) is 0 Å². The van der Waals surface area contributed by atoms with Crippen LogP contribution in [0.2, 0.25) is 0 Å². The molecule has 0 fully saturated rings. The fourth-order valence-electron chi connectivity index (χ4n) is 1.73. The minimum Gasteiger partial charge on any atom is -0.357 e. The van der Waals surface area contributed by atoms with Crippen LogP contribution in [-0.2, 0) is 0 Å². The summed E-state index contributed by atoms with van der Waals surface area (Å²) in [6.07, 6.45) is 4.73. The van der Waals surface area contributed by atoms with E-state index in [9.17, 15) is 4.79 Å². The summed E-state index contributed by atoms with van der Waals surface area (Å²) in [6.45, 7) is 8.30. The van der Waals surface area contributed by atoms with E-state index in [1.54, 1.807) is 6.20 Å². The van der Waals surface area contributed by atoms with Crippen molar-refractivity contribution in [1.29, 1.82) is 0 Å². The van der Waals surface area contributed by atoms with Crippen LogP contribution in [0.15, 0.2) is 12.3 Å². The maximum atomic E-state index is 10.7. The van der Waals surface area contributed by atoms with Gasteiger partial charge < -0.3 is 4.90 Å². The van der Waals surface area contributed by atoms with Crippen molar-refractivity contribution < 1.29 is 4.79 Å². The molecule has 0 spiro atoms. The Morgan fingerprint density at radius 3 is 2.38 bits per heavy atom. The number of hydrogen-bond donors (Lipinski definition) is 0. The van der Waals surface area contributed by atoms with Crippen LogP contribution in [0, 0.1) is 6.92 Å². The Hall–Kier alpha value is -1.38. The minimum atomic E-state index is 0.677. The number of aldehydes is 1. The Bertz CT molecular complexity index is 344. The molecular weight excluding hydrogens is 200 g/mol. The second kappa shape index (κ2) is 6.26. The molecule has 0 N–H and O–H groups in total. The second-order valence-corrected chi connectivity index (χ2v) is 4.00. The van der Waals surface area contributed by atoms with Crippen LogP contribution in [0.3, 0.4) is 0 Å². The van der Waals surface area contributed by atoms with Crippen molar-refractivity contribution in [1.82, 2.24) is 4.98 Å². The van der Waals surface area contributed by atoms with Crippen LogP contribution in [0.4, 0.5) is 5.82 Å². The number of nitrogens with zero attached hydrogens (tertiary/aromatic N) is 2. The Labute approximate surface area is 97.5 Å². The van der Waals surface area contributed by atoms with Crippen LogP contribution >= 0.6 is 0 Å². The highest BCUT2D eigenvalue weighted by molar-refractivity contribution is 5.77. The lowest BCUT2D eigenvalue weighted by atomic mass is 10.2. The average Bonchev–Trinajstić information content (AvgIpc) is 2.28. The number of hydrogen-bond acceptors (Lipinski definition) is 3. The Morgan fingerprint density at radius 1 is 1.31 bits per heavy atom. The van der Waals surface area contributed by atoms with Gasteiger partial charge in [-0.3, -0.25) is 4.79 Å². The van der Waals surface area contributed by atoms with Gasteiger partial charge in [-0.2, -0.15) is 0 Å². The van der Waals surface area contributed by atoms with E-state index < -0.39 is 0 Å². The first-order chi connectivity index (χ1) is 7.72. The molecule has 0 aliphatic carbocycles. The Balaban J connectivity index is 2.91. The summed E-state index contributed by atoms with van der Waals surface area (Å²) in [7, 11) is 0. The lowest BCUT2D eigenvalue weighted by Crippen LogP contribution is -2.25. The Kier molecular flexibility index (Phi) is 4.96. The molecule has 0 aromatic carbocycles. The van der Waals surface area contributed by atoms with E-state index in [1.807, 2.05) is 13.0 Å². The third kappa shape index (κ3) is 3.05. The highest BCUT2D eigenvalue weighted by Gasteiger charge is 2.07. The first-order valence-electron chi connectivity index (χ1n) is 5.89. The lowest BCUT2D eigenvalue weighted by Gasteiger charge is -2.23. The van der Waals surface area contributed by atoms with Gasteiger partial charge in [-0.1, -0.05) is 13.8 Å². The van der Waals surface area contributed by atoms with Gasteiger partial charge in [0.05, 0.1) is 0 Å². The fraction of sp³-hybridized carbons (Fsp3) is 0.538. The molecule has 16 heavy (non-hydrogen) atoms. The van der Waals surface area contributed by atoms with Crippen LogP contribution in [-0.4, -0.2) is 24.4 Å². The van der Waals surface area contributed by atoms with Crippen LogP contribution in [0.5, 0.6) is 0 Å². The lowest BCUT2D eigenvalue weighted by molar-refractivity contribution is 0.112. The van der Waals surface area contributed by atoms with Crippen LogP contribution < -0.4 is 4.90 Å². The van der Waals surface area contributed by atoms with Gasteiger partial charge in [-0.15, -0.1) is 0 Å². The number of anilines is 1. The summed E-state index contributed by atoms with van der Waals surface area (Å²) in [5.41, 5.74) is 1.67. The molecule has 3 heteroatoms. The molecule has 1 aromatic heterocycles. The van der Waals surface area contributed by atoms with Crippen molar-refractivity contribution in [2.24, 2.45) is 0 Å². The summed E-state index contributed by atoms with van der Waals surface area (Å²) in [4.78, 5) is 17.3. The van der Waals surface area contributed by atoms with E-state index in [-0.39, 0.29) is 0 Å². The first kappa shape index (κ1) is 12.7. The molecule has 0 saturated heterocycles. The van der Waals surface area contributed by atoms with E-state index in [1.165, 1.54) is 0 Å². The predicted octanol–water partition coefficient (Wildman–Crippen LogP) is 2.83. The molecule has 0 bridgehead atoms. The summed E-state index contributed by atoms with van der Waals surface area (Å²) in [5.74, 6) is 0.979.